The number of aromatic amines is 1. The number of amides is 1. The van der Waals surface area contributed by atoms with Crippen molar-refractivity contribution in [3.8, 4) is 0 Å². The van der Waals surface area contributed by atoms with Gasteiger partial charge in [0.2, 0.25) is 0 Å². The lowest BCUT2D eigenvalue weighted by Gasteiger charge is -2.35. The molecule has 1 amide bonds. The average Bonchev–Trinajstić information content (AvgIpc) is 3.47. The molecular weight excluding hydrogens is 420 g/mol. The largest absolute Gasteiger partial charge is 0.369 e. The van der Waals surface area contributed by atoms with Crippen LogP contribution < -0.4 is 10.2 Å². The van der Waals surface area contributed by atoms with Gasteiger partial charge in [0.1, 0.15) is 0 Å². The lowest BCUT2D eigenvalue weighted by atomic mass is 10.1. The number of carbonyl (C=O) groups is 2. The molecule has 2 aromatic heterocycles. The van der Waals surface area contributed by atoms with Gasteiger partial charge in [-0.05, 0) is 31.2 Å². The molecule has 1 saturated heterocycles. The maximum absolute atomic E-state index is 12.7. The van der Waals surface area contributed by atoms with E-state index in [0.29, 0.717) is 34.6 Å². The highest BCUT2D eigenvalue weighted by Crippen LogP contribution is 2.23. The van der Waals surface area contributed by atoms with E-state index in [2.05, 4.69) is 54.7 Å². The number of rotatable bonds is 6. The van der Waals surface area contributed by atoms with Crippen molar-refractivity contribution in [1.29, 1.82) is 0 Å². The minimum Gasteiger partial charge on any atom is -0.369 e. The van der Waals surface area contributed by atoms with Crippen molar-refractivity contribution in [2.75, 3.05) is 36.4 Å². The topological polar surface area (TPSA) is 107 Å². The summed E-state index contributed by atoms with van der Waals surface area (Å²) in [7, 11) is 0. The average molecular weight is 444 g/mol. The molecule has 33 heavy (non-hydrogen) atoms. The molecule has 5 rings (SSSR count). The molecule has 0 bridgehead atoms. The van der Waals surface area contributed by atoms with Gasteiger partial charge in [-0.1, -0.05) is 29.4 Å². The molecule has 2 N–H and O–H groups in total. The van der Waals surface area contributed by atoms with Gasteiger partial charge in [-0.15, -0.1) is 0 Å². The maximum Gasteiger partial charge on any atom is 0.279 e. The summed E-state index contributed by atoms with van der Waals surface area (Å²) in [6.07, 6.45) is 0. The third-order valence-electron chi connectivity index (χ3n) is 5.87. The Morgan fingerprint density at radius 1 is 1.06 bits per heavy atom. The van der Waals surface area contributed by atoms with Gasteiger partial charge in [0, 0.05) is 48.9 Å². The summed E-state index contributed by atoms with van der Waals surface area (Å²) in [6.45, 7) is 5.77. The maximum atomic E-state index is 12.7. The van der Waals surface area contributed by atoms with Gasteiger partial charge in [0.25, 0.3) is 5.91 Å². The molecule has 0 aliphatic carbocycles. The Bertz CT molecular complexity index is 1290. The monoisotopic (exact) mass is 444 g/mol. The fourth-order valence-corrected chi connectivity index (χ4v) is 4.02. The summed E-state index contributed by atoms with van der Waals surface area (Å²) >= 11 is 0. The Kier molecular flexibility index (Phi) is 5.62. The fourth-order valence-electron chi connectivity index (χ4n) is 4.02. The van der Waals surface area contributed by atoms with Gasteiger partial charge in [0.15, 0.2) is 23.1 Å². The molecule has 9 heteroatoms. The zero-order valence-corrected chi connectivity index (χ0v) is 18.2. The quantitative estimate of drug-likeness (QED) is 0.439. The van der Waals surface area contributed by atoms with Crippen LogP contribution in [0.2, 0.25) is 0 Å². The molecule has 1 aliphatic rings. The van der Waals surface area contributed by atoms with Crippen molar-refractivity contribution < 1.29 is 14.1 Å². The van der Waals surface area contributed by atoms with Crippen molar-refractivity contribution in [2.24, 2.45) is 0 Å². The Labute approximate surface area is 190 Å². The normalized spacial score (nSPS) is 14.5. The van der Waals surface area contributed by atoms with Gasteiger partial charge in [-0.2, -0.15) is 5.10 Å². The van der Waals surface area contributed by atoms with Gasteiger partial charge < -0.3 is 14.7 Å². The first-order chi connectivity index (χ1) is 16.1. The van der Waals surface area contributed by atoms with Crippen molar-refractivity contribution in [1.82, 2.24) is 20.3 Å². The number of benzene rings is 2. The van der Waals surface area contributed by atoms with Crippen LogP contribution in [0.5, 0.6) is 0 Å². The number of nitrogens with zero attached hydrogens (tertiary/aromatic N) is 4. The molecule has 0 saturated carbocycles. The van der Waals surface area contributed by atoms with Crippen LogP contribution in [0, 0.1) is 0 Å². The number of nitrogens with one attached hydrogen (secondary N) is 2. The Morgan fingerprint density at radius 2 is 1.85 bits per heavy atom. The van der Waals surface area contributed by atoms with Crippen molar-refractivity contribution >= 4 is 34.1 Å². The third-order valence-corrected chi connectivity index (χ3v) is 5.87. The zero-order chi connectivity index (χ0) is 22.8. The van der Waals surface area contributed by atoms with Crippen LogP contribution in [0.25, 0.3) is 10.9 Å². The summed E-state index contributed by atoms with van der Waals surface area (Å²) in [4.78, 5) is 28.9. The zero-order valence-electron chi connectivity index (χ0n) is 18.2. The standard InChI is InChI=1S/C24H24N6O3/c1-16(31)17-7-8-20-21(13-17)26-27-23(20)25-24(32)22-14-19(33-28-22)15-29-9-11-30(12-10-29)18-5-3-2-4-6-18/h2-8,13-14H,9-12,15H2,1H3,(H2,25,26,27,32). The molecule has 4 aromatic rings. The Balaban J connectivity index is 1.19. The van der Waals surface area contributed by atoms with Crippen molar-refractivity contribution in [3.63, 3.8) is 0 Å². The number of ketones is 1. The van der Waals surface area contributed by atoms with E-state index in [-0.39, 0.29) is 11.5 Å². The van der Waals surface area contributed by atoms with E-state index >= 15 is 0 Å². The second-order valence-electron chi connectivity index (χ2n) is 8.12. The number of hydrogen-bond acceptors (Lipinski definition) is 7. The lowest BCUT2D eigenvalue weighted by Crippen LogP contribution is -2.45. The number of anilines is 2. The second-order valence-corrected chi connectivity index (χ2v) is 8.12. The van der Waals surface area contributed by atoms with Crippen molar-refractivity contribution in [2.45, 2.75) is 13.5 Å². The number of aromatic nitrogens is 3. The van der Waals surface area contributed by atoms with Crippen LogP contribution in [0.4, 0.5) is 11.5 Å². The first-order valence-corrected chi connectivity index (χ1v) is 10.9. The molecule has 1 fully saturated rings. The summed E-state index contributed by atoms with van der Waals surface area (Å²) in [5.74, 6) is 0.592. The smallest absolute Gasteiger partial charge is 0.279 e. The predicted molar refractivity (Wildman–Crippen MR) is 124 cm³/mol. The van der Waals surface area contributed by atoms with E-state index in [4.69, 9.17) is 4.52 Å². The molecule has 168 valence electrons. The first kappa shape index (κ1) is 20.9. The highest BCUT2D eigenvalue weighted by atomic mass is 16.5. The summed E-state index contributed by atoms with van der Waals surface area (Å²) in [5.41, 5.74) is 2.69. The summed E-state index contributed by atoms with van der Waals surface area (Å²) in [6, 6.07) is 17.2. The third kappa shape index (κ3) is 4.49. The molecule has 0 unspecified atom stereocenters. The predicted octanol–water partition coefficient (Wildman–Crippen LogP) is 3.33. The molecular formula is C24H24N6O3. The first-order valence-electron chi connectivity index (χ1n) is 10.9. The van der Waals surface area contributed by atoms with Crippen molar-refractivity contribution in [3.05, 3.63) is 71.6 Å². The second kappa shape index (κ2) is 8.87. The highest BCUT2D eigenvalue weighted by molar-refractivity contribution is 6.07. The number of hydrogen-bond donors (Lipinski definition) is 2. The Hall–Kier alpha value is -3.98. The molecule has 0 spiro atoms. The molecule has 0 radical (unpaired) electrons. The van der Waals surface area contributed by atoms with Crippen LogP contribution >= 0.6 is 0 Å². The van der Waals surface area contributed by atoms with Gasteiger partial charge in [-0.3, -0.25) is 19.6 Å². The van der Waals surface area contributed by atoms with E-state index in [1.807, 2.05) is 6.07 Å². The lowest BCUT2D eigenvalue weighted by molar-refractivity contribution is 0.100. The number of carbonyl (C=O) groups excluding carboxylic acids is 2. The molecule has 0 atom stereocenters. The van der Waals surface area contributed by atoms with E-state index in [9.17, 15) is 9.59 Å². The molecule has 2 aromatic carbocycles. The number of para-hydroxylation sites is 1. The van der Waals surface area contributed by atoms with E-state index in [1.54, 1.807) is 24.3 Å². The molecule has 1 aliphatic heterocycles. The summed E-state index contributed by atoms with van der Waals surface area (Å²) in [5, 5.41) is 14.4. The minimum absolute atomic E-state index is 0.0336. The summed E-state index contributed by atoms with van der Waals surface area (Å²) < 4.78 is 5.42. The minimum atomic E-state index is -0.400. The van der Waals surface area contributed by atoms with Gasteiger partial charge in [0.05, 0.1) is 12.1 Å². The number of Topliss-reactive ketones (excluding diaryl/α,β-unsaturated/α-hetero) is 1. The van der Waals surface area contributed by atoms with Crippen LogP contribution in [0.15, 0.2) is 59.1 Å². The van der Waals surface area contributed by atoms with Gasteiger partial charge in [-0.25, -0.2) is 0 Å². The van der Waals surface area contributed by atoms with Gasteiger partial charge >= 0.3 is 0 Å². The van der Waals surface area contributed by atoms with E-state index < -0.39 is 5.91 Å². The van der Waals surface area contributed by atoms with Crippen LogP contribution in [0.1, 0.15) is 33.5 Å². The van der Waals surface area contributed by atoms with E-state index in [0.717, 1.165) is 26.2 Å². The highest BCUT2D eigenvalue weighted by Gasteiger charge is 2.21. The number of fused-ring (bicyclic) bond motifs is 1. The van der Waals surface area contributed by atoms with E-state index in [1.165, 1.54) is 12.6 Å². The van der Waals surface area contributed by atoms with Crippen LogP contribution in [-0.4, -0.2) is 58.1 Å². The molecule has 3 heterocycles. The van der Waals surface area contributed by atoms with Crippen LogP contribution in [0.3, 0.4) is 0 Å². The Morgan fingerprint density at radius 3 is 2.61 bits per heavy atom. The number of H-pyrrole nitrogens is 1. The SMILES string of the molecule is CC(=O)c1ccc2c(NC(=O)c3cc(CN4CCN(c5ccccc5)CC4)on3)n[nH]c2c1. The van der Waals surface area contributed by atoms with Crippen LogP contribution in [-0.2, 0) is 6.54 Å². The molecule has 9 nitrogen and oxygen atoms in total. The fraction of sp³-hybridized carbons (Fsp3) is 0.250. The number of piperazine rings is 1.